The number of rotatable bonds is 1. The quantitative estimate of drug-likeness (QED) is 0.666. The standard InChI is InChI=1S/C6H5BrNO/c1-9-6-4-8-3-2-5(6)7/h2-3H,1H3. The van der Waals surface area contributed by atoms with Crippen LogP contribution in [0.2, 0.25) is 0 Å². The number of methoxy groups -OCH3 is 1. The van der Waals surface area contributed by atoms with Gasteiger partial charge < -0.3 is 4.74 Å². The molecule has 0 saturated carbocycles. The molecule has 0 aromatic carbocycles. The SMILES string of the molecule is COc1[c]nccc1Br. The second-order valence-corrected chi connectivity index (χ2v) is 2.29. The molecule has 2 nitrogen and oxygen atoms in total. The molecule has 0 unspecified atom stereocenters. The molecule has 0 aliphatic rings. The van der Waals surface area contributed by atoms with E-state index in [1.807, 2.05) is 0 Å². The summed E-state index contributed by atoms with van der Waals surface area (Å²) in [5, 5.41) is 0. The van der Waals surface area contributed by atoms with Crippen molar-refractivity contribution in [3.05, 3.63) is 22.9 Å². The second-order valence-electron chi connectivity index (χ2n) is 1.44. The van der Waals surface area contributed by atoms with Crippen molar-refractivity contribution in [3.63, 3.8) is 0 Å². The molecule has 3 heteroatoms. The lowest BCUT2D eigenvalue weighted by molar-refractivity contribution is 0.409. The Balaban J connectivity index is 3.01. The molecule has 9 heavy (non-hydrogen) atoms. The zero-order valence-electron chi connectivity index (χ0n) is 4.89. The number of halogens is 1. The fourth-order valence-corrected chi connectivity index (χ4v) is 0.840. The monoisotopic (exact) mass is 186 g/mol. The Hall–Kier alpha value is -0.570. The van der Waals surface area contributed by atoms with Gasteiger partial charge in [0.05, 0.1) is 11.6 Å². The fraction of sp³-hybridized carbons (Fsp3) is 0.167. The highest BCUT2D eigenvalue weighted by Crippen LogP contribution is 2.20. The number of hydrogen-bond acceptors (Lipinski definition) is 2. The fourth-order valence-electron chi connectivity index (χ4n) is 0.471. The molecule has 47 valence electrons. The van der Waals surface area contributed by atoms with Crippen LogP contribution in [0.15, 0.2) is 16.7 Å². The predicted molar refractivity (Wildman–Crippen MR) is 37.3 cm³/mol. The largest absolute Gasteiger partial charge is 0.493 e. The molecule has 0 atom stereocenters. The van der Waals surface area contributed by atoms with Crippen LogP contribution in [0.1, 0.15) is 0 Å². The number of nitrogens with zero attached hydrogens (tertiary/aromatic N) is 1. The third kappa shape index (κ3) is 1.42. The number of pyridine rings is 1. The lowest BCUT2D eigenvalue weighted by Crippen LogP contribution is -1.84. The molecule has 0 spiro atoms. The molecule has 0 N–H and O–H groups in total. The van der Waals surface area contributed by atoms with Gasteiger partial charge in [0.15, 0.2) is 5.75 Å². The van der Waals surface area contributed by atoms with Gasteiger partial charge in [-0.3, -0.25) is 4.98 Å². The van der Waals surface area contributed by atoms with Gasteiger partial charge in [0, 0.05) is 6.20 Å². The smallest absolute Gasteiger partial charge is 0.161 e. The summed E-state index contributed by atoms with van der Waals surface area (Å²) in [5.41, 5.74) is 0. The minimum atomic E-state index is 0.637. The van der Waals surface area contributed by atoms with Gasteiger partial charge in [0.1, 0.15) is 6.20 Å². The van der Waals surface area contributed by atoms with Crippen LogP contribution in [0, 0.1) is 6.20 Å². The van der Waals surface area contributed by atoms with Crippen LogP contribution < -0.4 is 4.74 Å². The Labute approximate surface area is 62.0 Å². The zero-order chi connectivity index (χ0) is 6.69. The third-order valence-corrected chi connectivity index (χ3v) is 1.51. The summed E-state index contributed by atoms with van der Waals surface area (Å²) < 4.78 is 5.76. The van der Waals surface area contributed by atoms with E-state index in [-0.39, 0.29) is 0 Å². The molecular weight excluding hydrogens is 182 g/mol. The summed E-state index contributed by atoms with van der Waals surface area (Å²) in [6.45, 7) is 0. The summed E-state index contributed by atoms with van der Waals surface area (Å²) in [4.78, 5) is 3.74. The Morgan fingerprint density at radius 1 is 1.78 bits per heavy atom. The topological polar surface area (TPSA) is 22.1 Å². The van der Waals surface area contributed by atoms with Crippen molar-refractivity contribution < 1.29 is 4.74 Å². The summed E-state index contributed by atoms with van der Waals surface area (Å²) in [5.74, 6) is 0.637. The molecule has 1 aromatic rings. The summed E-state index contributed by atoms with van der Waals surface area (Å²) in [7, 11) is 1.58. The van der Waals surface area contributed by atoms with E-state index in [1.54, 1.807) is 19.4 Å². The van der Waals surface area contributed by atoms with Crippen molar-refractivity contribution >= 4 is 15.9 Å². The van der Waals surface area contributed by atoms with Crippen molar-refractivity contribution in [1.82, 2.24) is 4.98 Å². The lowest BCUT2D eigenvalue weighted by atomic mass is 10.5. The summed E-state index contributed by atoms with van der Waals surface area (Å²) in [6.07, 6.45) is 4.31. The lowest BCUT2D eigenvalue weighted by Gasteiger charge is -1.97. The normalized spacial score (nSPS) is 9.11. The van der Waals surface area contributed by atoms with Gasteiger partial charge in [0.25, 0.3) is 0 Å². The molecular formula is C6H5BrNO. The third-order valence-electron chi connectivity index (χ3n) is 0.883. The molecule has 1 radical (unpaired) electrons. The first-order valence-corrected chi connectivity index (χ1v) is 3.20. The molecule has 0 bridgehead atoms. The van der Waals surface area contributed by atoms with Crippen molar-refractivity contribution in [2.45, 2.75) is 0 Å². The van der Waals surface area contributed by atoms with Crippen LogP contribution in [0.4, 0.5) is 0 Å². The Morgan fingerprint density at radius 2 is 2.56 bits per heavy atom. The van der Waals surface area contributed by atoms with E-state index in [0.29, 0.717) is 5.75 Å². The van der Waals surface area contributed by atoms with Crippen LogP contribution >= 0.6 is 15.9 Å². The molecule has 1 rings (SSSR count). The number of hydrogen-bond donors (Lipinski definition) is 0. The first-order chi connectivity index (χ1) is 4.34. The van der Waals surface area contributed by atoms with E-state index in [9.17, 15) is 0 Å². The Morgan fingerprint density at radius 3 is 3.00 bits per heavy atom. The molecule has 0 saturated heterocycles. The van der Waals surface area contributed by atoms with Gasteiger partial charge in [-0.25, -0.2) is 0 Å². The second kappa shape index (κ2) is 2.82. The van der Waals surface area contributed by atoms with Crippen LogP contribution in [0.3, 0.4) is 0 Å². The van der Waals surface area contributed by atoms with Gasteiger partial charge in [-0.05, 0) is 22.0 Å². The minimum Gasteiger partial charge on any atom is -0.493 e. The van der Waals surface area contributed by atoms with E-state index in [4.69, 9.17) is 4.74 Å². The Kier molecular flexibility index (Phi) is 2.05. The van der Waals surface area contributed by atoms with Gasteiger partial charge in [0.2, 0.25) is 0 Å². The van der Waals surface area contributed by atoms with Crippen LogP contribution in [-0.4, -0.2) is 12.1 Å². The van der Waals surface area contributed by atoms with E-state index < -0.39 is 0 Å². The van der Waals surface area contributed by atoms with Gasteiger partial charge in [-0.15, -0.1) is 0 Å². The number of aromatic nitrogens is 1. The van der Waals surface area contributed by atoms with Crippen LogP contribution in [0.25, 0.3) is 0 Å². The van der Waals surface area contributed by atoms with Crippen molar-refractivity contribution in [2.75, 3.05) is 7.11 Å². The minimum absolute atomic E-state index is 0.637. The molecule has 0 fully saturated rings. The van der Waals surface area contributed by atoms with E-state index in [0.717, 1.165) is 4.47 Å². The van der Waals surface area contributed by atoms with Gasteiger partial charge in [-0.2, -0.15) is 0 Å². The maximum atomic E-state index is 4.88. The van der Waals surface area contributed by atoms with E-state index in [2.05, 4.69) is 27.1 Å². The van der Waals surface area contributed by atoms with Gasteiger partial charge >= 0.3 is 0 Å². The molecule has 0 amide bonds. The molecule has 1 heterocycles. The molecule has 0 aliphatic heterocycles. The summed E-state index contributed by atoms with van der Waals surface area (Å²) in [6, 6.07) is 1.80. The molecule has 1 aromatic heterocycles. The highest BCUT2D eigenvalue weighted by atomic mass is 79.9. The van der Waals surface area contributed by atoms with Gasteiger partial charge in [-0.1, -0.05) is 0 Å². The Bertz CT molecular complexity index is 202. The van der Waals surface area contributed by atoms with Crippen LogP contribution in [0.5, 0.6) is 5.75 Å². The van der Waals surface area contributed by atoms with Crippen molar-refractivity contribution in [2.24, 2.45) is 0 Å². The average molecular weight is 187 g/mol. The highest BCUT2D eigenvalue weighted by Gasteiger charge is 1.95. The van der Waals surface area contributed by atoms with Crippen molar-refractivity contribution in [1.29, 1.82) is 0 Å². The van der Waals surface area contributed by atoms with Crippen LogP contribution in [-0.2, 0) is 0 Å². The maximum absolute atomic E-state index is 4.88. The first kappa shape index (κ1) is 6.55. The highest BCUT2D eigenvalue weighted by molar-refractivity contribution is 9.10. The first-order valence-electron chi connectivity index (χ1n) is 2.41. The zero-order valence-corrected chi connectivity index (χ0v) is 6.47. The summed E-state index contributed by atoms with van der Waals surface area (Å²) >= 11 is 3.26. The number of ether oxygens (including phenoxy) is 1. The van der Waals surface area contributed by atoms with E-state index >= 15 is 0 Å². The maximum Gasteiger partial charge on any atom is 0.161 e. The average Bonchev–Trinajstić information content (AvgIpc) is 1.89. The predicted octanol–water partition coefficient (Wildman–Crippen LogP) is 1.65. The van der Waals surface area contributed by atoms with Crippen molar-refractivity contribution in [3.8, 4) is 5.75 Å². The van der Waals surface area contributed by atoms with E-state index in [1.165, 1.54) is 0 Å². The molecule has 0 aliphatic carbocycles.